The number of piperidine rings is 1. The lowest BCUT2D eigenvalue weighted by molar-refractivity contribution is -0.120. The van der Waals surface area contributed by atoms with Crippen molar-refractivity contribution >= 4 is 27.3 Å². The van der Waals surface area contributed by atoms with Crippen LogP contribution in [0.3, 0.4) is 0 Å². The Morgan fingerprint density at radius 2 is 1.73 bits per heavy atom. The van der Waals surface area contributed by atoms with Gasteiger partial charge in [0.25, 0.3) is 0 Å². The maximum absolute atomic E-state index is 12.9. The number of ether oxygens (including phenoxy) is 1. The molecule has 4 rings (SSSR count). The molecule has 0 aliphatic carbocycles. The molecule has 0 saturated carbocycles. The third-order valence-corrected chi connectivity index (χ3v) is 8.29. The number of nitrogens with zero attached hydrogens (tertiary/aromatic N) is 2. The smallest absolute Gasteiger partial charge is 0.228 e. The van der Waals surface area contributed by atoms with Crippen molar-refractivity contribution in [1.29, 1.82) is 0 Å². The standard InChI is InChI=1S/C25H33N3O4S/c29-25(26-23-10-12-24(13-11-23)27-15-17-32-18-16-27)22-9-4-14-28(20-22)33(30,31)19-5-8-21-6-2-1-3-7-21/h1-3,6-7,10-13,22H,4-5,8-9,14-20H2,(H,26,29). The van der Waals surface area contributed by atoms with Crippen molar-refractivity contribution < 1.29 is 17.9 Å². The summed E-state index contributed by atoms with van der Waals surface area (Å²) in [6, 6.07) is 17.7. The Labute approximate surface area is 196 Å². The monoisotopic (exact) mass is 471 g/mol. The highest BCUT2D eigenvalue weighted by molar-refractivity contribution is 7.89. The van der Waals surface area contributed by atoms with Gasteiger partial charge in [-0.1, -0.05) is 30.3 Å². The van der Waals surface area contributed by atoms with Gasteiger partial charge in [0.15, 0.2) is 0 Å². The Morgan fingerprint density at radius 3 is 2.45 bits per heavy atom. The topological polar surface area (TPSA) is 79.0 Å². The number of hydrogen-bond acceptors (Lipinski definition) is 5. The van der Waals surface area contributed by atoms with E-state index in [1.54, 1.807) is 0 Å². The third-order valence-electron chi connectivity index (χ3n) is 6.37. The van der Waals surface area contributed by atoms with Gasteiger partial charge < -0.3 is 15.0 Å². The van der Waals surface area contributed by atoms with Crippen molar-refractivity contribution in [2.45, 2.75) is 25.7 Å². The van der Waals surface area contributed by atoms with Gasteiger partial charge in [0, 0.05) is 37.6 Å². The van der Waals surface area contributed by atoms with Crippen molar-refractivity contribution in [1.82, 2.24) is 4.31 Å². The average molecular weight is 472 g/mol. The number of anilines is 2. The normalized spacial score (nSPS) is 19.9. The predicted octanol–water partition coefficient (Wildman–Crippen LogP) is 3.14. The molecular weight excluding hydrogens is 438 g/mol. The molecule has 0 radical (unpaired) electrons. The molecule has 2 saturated heterocycles. The summed E-state index contributed by atoms with van der Waals surface area (Å²) < 4.78 is 32.6. The van der Waals surface area contributed by atoms with Gasteiger partial charge in [-0.15, -0.1) is 0 Å². The van der Waals surface area contributed by atoms with E-state index in [4.69, 9.17) is 4.74 Å². The van der Waals surface area contributed by atoms with Crippen LogP contribution in [0, 0.1) is 5.92 Å². The highest BCUT2D eigenvalue weighted by atomic mass is 32.2. The minimum absolute atomic E-state index is 0.110. The minimum atomic E-state index is -3.37. The van der Waals surface area contributed by atoms with Gasteiger partial charge in [0.05, 0.1) is 24.9 Å². The first-order chi connectivity index (χ1) is 16.0. The Kier molecular flexibility index (Phi) is 8.01. The maximum Gasteiger partial charge on any atom is 0.228 e. The molecule has 1 unspecified atom stereocenters. The Hall–Kier alpha value is -2.42. The first kappa shape index (κ1) is 23.7. The second-order valence-electron chi connectivity index (χ2n) is 8.74. The molecule has 0 spiro atoms. The number of hydrogen-bond donors (Lipinski definition) is 1. The first-order valence-electron chi connectivity index (χ1n) is 11.8. The van der Waals surface area contributed by atoms with Gasteiger partial charge in [-0.25, -0.2) is 12.7 Å². The Bertz CT molecular complexity index is 1010. The van der Waals surface area contributed by atoms with E-state index in [0.29, 0.717) is 25.8 Å². The van der Waals surface area contributed by atoms with Crippen molar-refractivity contribution in [3.8, 4) is 0 Å². The van der Waals surface area contributed by atoms with Crippen molar-refractivity contribution in [3.05, 3.63) is 60.2 Å². The van der Waals surface area contributed by atoms with Crippen LogP contribution in [0.5, 0.6) is 0 Å². The van der Waals surface area contributed by atoms with Crippen LogP contribution in [-0.4, -0.2) is 63.8 Å². The molecule has 1 atom stereocenters. The Morgan fingerprint density at radius 1 is 1.00 bits per heavy atom. The first-order valence-corrected chi connectivity index (χ1v) is 13.4. The SMILES string of the molecule is O=C(Nc1ccc(N2CCOCC2)cc1)C1CCCN(S(=O)(=O)CCCc2ccccc2)C1. The van der Waals surface area contributed by atoms with Gasteiger partial charge in [-0.2, -0.15) is 0 Å². The number of benzene rings is 2. The number of rotatable bonds is 8. The van der Waals surface area contributed by atoms with E-state index < -0.39 is 10.0 Å². The zero-order chi connectivity index (χ0) is 23.1. The quantitative estimate of drug-likeness (QED) is 0.640. The second-order valence-corrected chi connectivity index (χ2v) is 10.8. The highest BCUT2D eigenvalue weighted by Gasteiger charge is 2.32. The largest absolute Gasteiger partial charge is 0.378 e. The van der Waals surface area contributed by atoms with Gasteiger partial charge >= 0.3 is 0 Å². The summed E-state index contributed by atoms with van der Waals surface area (Å²) >= 11 is 0. The van der Waals surface area contributed by atoms with E-state index in [0.717, 1.165) is 49.7 Å². The molecule has 2 heterocycles. The van der Waals surface area contributed by atoms with Crippen LogP contribution in [0.2, 0.25) is 0 Å². The lowest BCUT2D eigenvalue weighted by Gasteiger charge is -2.31. The summed E-state index contributed by atoms with van der Waals surface area (Å²) in [6.07, 6.45) is 2.72. The number of carbonyl (C=O) groups is 1. The number of sulfonamides is 1. The van der Waals surface area contributed by atoms with Crippen LogP contribution in [0.15, 0.2) is 54.6 Å². The molecule has 7 nitrogen and oxygen atoms in total. The van der Waals surface area contributed by atoms with E-state index in [1.807, 2.05) is 54.6 Å². The average Bonchev–Trinajstić information content (AvgIpc) is 2.86. The molecule has 2 aliphatic heterocycles. The number of aryl methyl sites for hydroxylation is 1. The summed E-state index contributed by atoms with van der Waals surface area (Å²) in [5.74, 6) is -0.334. The fraction of sp³-hybridized carbons (Fsp3) is 0.480. The molecule has 2 aliphatic rings. The number of carbonyl (C=O) groups excluding carboxylic acids is 1. The molecule has 0 aromatic heterocycles. The van der Waals surface area contributed by atoms with Crippen LogP contribution in [-0.2, 0) is 26.0 Å². The summed E-state index contributed by atoms with van der Waals surface area (Å²) in [4.78, 5) is 15.1. The fourth-order valence-electron chi connectivity index (χ4n) is 4.46. The van der Waals surface area contributed by atoms with Gasteiger partial charge in [0.1, 0.15) is 0 Å². The van der Waals surface area contributed by atoms with Crippen LogP contribution >= 0.6 is 0 Å². The zero-order valence-electron chi connectivity index (χ0n) is 19.0. The van der Waals surface area contributed by atoms with E-state index >= 15 is 0 Å². The number of nitrogens with one attached hydrogen (secondary N) is 1. The van der Waals surface area contributed by atoms with Crippen molar-refractivity contribution in [2.75, 3.05) is 55.4 Å². The molecule has 1 amide bonds. The van der Waals surface area contributed by atoms with E-state index in [9.17, 15) is 13.2 Å². The maximum atomic E-state index is 12.9. The molecule has 178 valence electrons. The van der Waals surface area contributed by atoms with E-state index in [1.165, 1.54) is 4.31 Å². The molecule has 2 aromatic carbocycles. The summed E-state index contributed by atoms with van der Waals surface area (Å²) in [6.45, 7) is 3.93. The lowest BCUT2D eigenvalue weighted by atomic mass is 9.98. The molecule has 1 N–H and O–H groups in total. The van der Waals surface area contributed by atoms with Gasteiger partial charge in [-0.05, 0) is 55.5 Å². The van der Waals surface area contributed by atoms with Crippen LogP contribution in [0.1, 0.15) is 24.8 Å². The summed E-state index contributed by atoms with van der Waals surface area (Å²) in [5, 5.41) is 2.97. The molecule has 33 heavy (non-hydrogen) atoms. The van der Waals surface area contributed by atoms with Gasteiger partial charge in [-0.3, -0.25) is 4.79 Å². The number of morpholine rings is 1. The highest BCUT2D eigenvalue weighted by Crippen LogP contribution is 2.23. The molecular formula is C25H33N3O4S. The zero-order valence-corrected chi connectivity index (χ0v) is 19.8. The Balaban J connectivity index is 1.28. The van der Waals surface area contributed by atoms with Crippen molar-refractivity contribution in [3.63, 3.8) is 0 Å². The summed E-state index contributed by atoms with van der Waals surface area (Å²) in [5.41, 5.74) is 2.99. The minimum Gasteiger partial charge on any atom is -0.378 e. The second kappa shape index (κ2) is 11.1. The van der Waals surface area contributed by atoms with Crippen LogP contribution in [0.4, 0.5) is 11.4 Å². The number of amides is 1. The molecule has 2 aromatic rings. The summed E-state index contributed by atoms with van der Waals surface area (Å²) in [7, 11) is -3.37. The van der Waals surface area contributed by atoms with E-state index in [-0.39, 0.29) is 24.1 Å². The van der Waals surface area contributed by atoms with Crippen molar-refractivity contribution in [2.24, 2.45) is 5.92 Å². The van der Waals surface area contributed by atoms with Crippen LogP contribution < -0.4 is 10.2 Å². The molecule has 2 fully saturated rings. The fourth-order valence-corrected chi connectivity index (χ4v) is 6.04. The molecule has 0 bridgehead atoms. The lowest BCUT2D eigenvalue weighted by Crippen LogP contribution is -2.44. The van der Waals surface area contributed by atoms with Crippen LogP contribution in [0.25, 0.3) is 0 Å². The van der Waals surface area contributed by atoms with Gasteiger partial charge in [0.2, 0.25) is 15.9 Å². The third kappa shape index (κ3) is 6.56. The predicted molar refractivity (Wildman–Crippen MR) is 131 cm³/mol. The molecule has 8 heteroatoms. The van der Waals surface area contributed by atoms with E-state index in [2.05, 4.69) is 10.2 Å².